The summed E-state index contributed by atoms with van der Waals surface area (Å²) in [5.41, 5.74) is 4.56. The zero-order valence-electron chi connectivity index (χ0n) is 17.9. The molecule has 0 radical (unpaired) electrons. The van der Waals surface area contributed by atoms with Gasteiger partial charge in [0.25, 0.3) is 11.8 Å². The summed E-state index contributed by atoms with van der Waals surface area (Å²) in [6, 6.07) is 13.4. The maximum atomic E-state index is 13.3. The Morgan fingerprint density at radius 1 is 1.03 bits per heavy atom. The Hall–Kier alpha value is -3.12. The fraction of sp³-hybridized carbons (Fsp3) is 0.333. The number of likely N-dealkylation sites (N-methyl/N-ethyl adjacent to an activating group) is 1. The molecule has 1 aliphatic heterocycles. The summed E-state index contributed by atoms with van der Waals surface area (Å²) in [4.78, 5) is 29.5. The van der Waals surface area contributed by atoms with Gasteiger partial charge in [0.1, 0.15) is 11.4 Å². The molecule has 2 aromatic rings. The first-order valence-corrected chi connectivity index (χ1v) is 10.0. The maximum absolute atomic E-state index is 13.3. The van der Waals surface area contributed by atoms with E-state index in [2.05, 4.69) is 0 Å². The minimum Gasteiger partial charge on any atom is -0.497 e. The van der Waals surface area contributed by atoms with Crippen LogP contribution in [-0.2, 0) is 16.0 Å². The molecule has 0 fully saturated rings. The minimum absolute atomic E-state index is 0.104. The molecule has 0 bridgehead atoms. The number of aliphatic hydroxyl groups is 1. The van der Waals surface area contributed by atoms with Crippen LogP contribution in [0.3, 0.4) is 0 Å². The molecule has 6 heteroatoms. The van der Waals surface area contributed by atoms with Crippen LogP contribution in [0.4, 0.5) is 0 Å². The highest BCUT2D eigenvalue weighted by Gasteiger charge is 2.40. The number of hydrogen-bond donors (Lipinski definition) is 1. The number of ether oxygens (including phenoxy) is 1. The molecular formula is C24H28N2O4. The van der Waals surface area contributed by atoms with Gasteiger partial charge in [-0.05, 0) is 49.1 Å². The van der Waals surface area contributed by atoms with E-state index in [4.69, 9.17) is 4.74 Å². The molecule has 1 aliphatic rings. The third-order valence-electron chi connectivity index (χ3n) is 5.40. The SMILES string of the molecule is COc1ccc(CCN2C(=O)C(c3ccc(C)cc3C)=C(N(C)CCO)C2=O)cc1. The Bertz CT molecular complexity index is 979. The van der Waals surface area contributed by atoms with E-state index in [0.29, 0.717) is 17.7 Å². The highest BCUT2D eigenvalue weighted by atomic mass is 16.5. The molecule has 0 spiro atoms. The third kappa shape index (κ3) is 4.24. The first-order chi connectivity index (χ1) is 14.4. The lowest BCUT2D eigenvalue weighted by atomic mass is 9.97. The molecule has 0 atom stereocenters. The first-order valence-electron chi connectivity index (χ1n) is 10.0. The average molecular weight is 408 g/mol. The Morgan fingerprint density at radius 2 is 1.73 bits per heavy atom. The second-order valence-electron chi connectivity index (χ2n) is 7.55. The number of aryl methyl sites for hydroxylation is 2. The number of benzene rings is 2. The number of aliphatic hydroxyl groups excluding tert-OH is 1. The summed E-state index contributed by atoms with van der Waals surface area (Å²) in [5.74, 6) is 0.151. The standard InChI is InChI=1S/C24H28N2O4/c1-16-5-10-20(17(2)15-16)21-22(25(3)13-14-27)24(29)26(23(21)28)12-11-18-6-8-19(30-4)9-7-18/h5-10,15,27H,11-14H2,1-4H3. The van der Waals surface area contributed by atoms with Gasteiger partial charge in [-0.25, -0.2) is 0 Å². The molecule has 1 N–H and O–H groups in total. The molecule has 2 amide bonds. The molecule has 158 valence electrons. The lowest BCUT2D eigenvalue weighted by molar-refractivity contribution is -0.137. The van der Waals surface area contributed by atoms with Crippen molar-refractivity contribution in [3.8, 4) is 5.75 Å². The van der Waals surface area contributed by atoms with Crippen molar-refractivity contribution >= 4 is 17.4 Å². The van der Waals surface area contributed by atoms with Crippen molar-refractivity contribution in [1.82, 2.24) is 9.80 Å². The lowest BCUT2D eigenvalue weighted by Crippen LogP contribution is -2.36. The monoisotopic (exact) mass is 408 g/mol. The number of hydrogen-bond acceptors (Lipinski definition) is 5. The average Bonchev–Trinajstić information content (AvgIpc) is 2.97. The van der Waals surface area contributed by atoms with Crippen molar-refractivity contribution in [2.45, 2.75) is 20.3 Å². The molecular weight excluding hydrogens is 380 g/mol. The van der Waals surface area contributed by atoms with E-state index < -0.39 is 0 Å². The fourth-order valence-corrected chi connectivity index (χ4v) is 3.75. The number of nitrogens with zero attached hydrogens (tertiary/aromatic N) is 2. The number of carbonyl (C=O) groups is 2. The Morgan fingerprint density at radius 3 is 2.33 bits per heavy atom. The summed E-state index contributed by atoms with van der Waals surface area (Å²) in [7, 11) is 3.34. The van der Waals surface area contributed by atoms with Gasteiger partial charge < -0.3 is 14.7 Å². The van der Waals surface area contributed by atoms with Gasteiger partial charge in [-0.15, -0.1) is 0 Å². The summed E-state index contributed by atoms with van der Waals surface area (Å²) in [6.45, 7) is 4.39. The molecule has 1 heterocycles. The second-order valence-corrected chi connectivity index (χ2v) is 7.55. The molecule has 0 aliphatic carbocycles. The largest absolute Gasteiger partial charge is 0.497 e. The van der Waals surface area contributed by atoms with Gasteiger partial charge in [-0.2, -0.15) is 0 Å². The van der Waals surface area contributed by atoms with Crippen LogP contribution >= 0.6 is 0 Å². The smallest absolute Gasteiger partial charge is 0.277 e. The van der Waals surface area contributed by atoms with Crippen molar-refractivity contribution in [1.29, 1.82) is 0 Å². The van der Waals surface area contributed by atoms with Gasteiger partial charge in [-0.3, -0.25) is 14.5 Å². The van der Waals surface area contributed by atoms with E-state index in [1.54, 1.807) is 19.1 Å². The van der Waals surface area contributed by atoms with Crippen molar-refractivity contribution < 1.29 is 19.4 Å². The molecule has 0 aromatic heterocycles. The quantitative estimate of drug-likeness (QED) is 0.680. The van der Waals surface area contributed by atoms with Crippen LogP contribution in [0.2, 0.25) is 0 Å². The van der Waals surface area contributed by atoms with Gasteiger partial charge in [0.05, 0.1) is 19.3 Å². The van der Waals surface area contributed by atoms with E-state index in [1.165, 1.54) is 4.90 Å². The normalized spacial score (nSPS) is 14.0. The lowest BCUT2D eigenvalue weighted by Gasteiger charge is -2.20. The minimum atomic E-state index is -0.320. The third-order valence-corrected chi connectivity index (χ3v) is 5.40. The number of carbonyl (C=O) groups excluding carboxylic acids is 2. The zero-order chi connectivity index (χ0) is 21.8. The van der Waals surface area contributed by atoms with Crippen LogP contribution in [0.25, 0.3) is 5.57 Å². The molecule has 0 saturated heterocycles. The van der Waals surface area contributed by atoms with Crippen molar-refractivity contribution in [3.05, 3.63) is 70.4 Å². The fourth-order valence-electron chi connectivity index (χ4n) is 3.75. The summed E-state index contributed by atoms with van der Waals surface area (Å²) in [6.07, 6.45) is 0.554. The van der Waals surface area contributed by atoms with Crippen LogP contribution in [-0.4, -0.2) is 60.6 Å². The van der Waals surface area contributed by atoms with E-state index in [9.17, 15) is 14.7 Å². The van der Waals surface area contributed by atoms with E-state index in [-0.39, 0.29) is 31.5 Å². The molecule has 0 saturated carbocycles. The number of imide groups is 1. The molecule has 3 rings (SSSR count). The number of methoxy groups -OCH3 is 1. The molecule has 30 heavy (non-hydrogen) atoms. The van der Waals surface area contributed by atoms with Crippen LogP contribution in [0.15, 0.2) is 48.2 Å². The second kappa shape index (κ2) is 9.13. The van der Waals surface area contributed by atoms with E-state index >= 15 is 0 Å². The predicted molar refractivity (Wildman–Crippen MR) is 116 cm³/mol. The molecule has 0 unspecified atom stereocenters. The van der Waals surface area contributed by atoms with Crippen LogP contribution in [0.1, 0.15) is 22.3 Å². The molecule has 6 nitrogen and oxygen atoms in total. The Kier molecular flexibility index (Phi) is 6.57. The van der Waals surface area contributed by atoms with Crippen molar-refractivity contribution in [2.24, 2.45) is 0 Å². The highest BCUT2D eigenvalue weighted by Crippen LogP contribution is 2.33. The molecule has 2 aromatic carbocycles. The van der Waals surface area contributed by atoms with Crippen LogP contribution in [0, 0.1) is 13.8 Å². The van der Waals surface area contributed by atoms with E-state index in [0.717, 1.165) is 28.0 Å². The van der Waals surface area contributed by atoms with E-state index in [1.807, 2.05) is 56.3 Å². The van der Waals surface area contributed by atoms with Crippen molar-refractivity contribution in [3.63, 3.8) is 0 Å². The highest BCUT2D eigenvalue weighted by molar-refractivity contribution is 6.35. The Labute approximate surface area is 177 Å². The van der Waals surface area contributed by atoms with Crippen LogP contribution < -0.4 is 4.74 Å². The number of rotatable bonds is 8. The zero-order valence-corrected chi connectivity index (χ0v) is 17.9. The van der Waals surface area contributed by atoms with Crippen LogP contribution in [0.5, 0.6) is 5.75 Å². The topological polar surface area (TPSA) is 70.1 Å². The van der Waals surface area contributed by atoms with Gasteiger partial charge in [-0.1, -0.05) is 35.9 Å². The van der Waals surface area contributed by atoms with Crippen molar-refractivity contribution in [2.75, 3.05) is 33.9 Å². The summed E-state index contributed by atoms with van der Waals surface area (Å²) < 4.78 is 5.18. The maximum Gasteiger partial charge on any atom is 0.277 e. The van der Waals surface area contributed by atoms with Gasteiger partial charge >= 0.3 is 0 Å². The first kappa shape index (κ1) is 21.6. The van der Waals surface area contributed by atoms with Gasteiger partial charge in [0, 0.05) is 20.1 Å². The Balaban J connectivity index is 1.91. The van der Waals surface area contributed by atoms with Gasteiger partial charge in [0.15, 0.2) is 0 Å². The summed E-state index contributed by atoms with van der Waals surface area (Å²) >= 11 is 0. The number of amides is 2. The summed E-state index contributed by atoms with van der Waals surface area (Å²) in [5, 5.41) is 9.37. The van der Waals surface area contributed by atoms with Gasteiger partial charge in [0.2, 0.25) is 0 Å². The predicted octanol–water partition coefficient (Wildman–Crippen LogP) is 2.56.